The van der Waals surface area contributed by atoms with Crippen LogP contribution in [0, 0.1) is 21.4 Å². The summed E-state index contributed by atoms with van der Waals surface area (Å²) in [6, 6.07) is 17.2. The van der Waals surface area contributed by atoms with Crippen molar-refractivity contribution in [3.63, 3.8) is 0 Å². The molecule has 8 heteroatoms. The van der Waals surface area contributed by atoms with Crippen LogP contribution in [0.2, 0.25) is 0 Å². The fraction of sp³-hybridized carbons (Fsp3) is 0.217. The number of carbonyl (C=O) groups is 1. The van der Waals surface area contributed by atoms with Gasteiger partial charge in [-0.2, -0.15) is 5.26 Å². The molecule has 1 N–H and O–H groups in total. The lowest BCUT2D eigenvalue weighted by Gasteiger charge is -2.27. The molecule has 0 unspecified atom stereocenters. The minimum absolute atomic E-state index is 0.0223. The number of nitrogens with zero attached hydrogens (tertiary/aromatic N) is 3. The van der Waals surface area contributed by atoms with Crippen molar-refractivity contribution >= 4 is 39.2 Å². The van der Waals surface area contributed by atoms with Crippen LogP contribution in [0.15, 0.2) is 54.6 Å². The molecule has 1 fully saturated rings. The molecule has 0 atom stereocenters. The van der Waals surface area contributed by atoms with E-state index >= 15 is 0 Å². The Kier molecular flexibility index (Phi) is 5.96. The number of carbonyl (C=O) groups excluding carboxylic acids is 1. The highest BCUT2D eigenvalue weighted by atomic mass is 32.1. The van der Waals surface area contributed by atoms with E-state index in [0.717, 1.165) is 37.4 Å². The lowest BCUT2D eigenvalue weighted by atomic mass is 10.1. The largest absolute Gasteiger partial charge is 0.362 e. The van der Waals surface area contributed by atoms with Gasteiger partial charge in [0.1, 0.15) is 21.5 Å². The van der Waals surface area contributed by atoms with Crippen molar-refractivity contribution in [3.05, 3.63) is 80.7 Å². The maximum atomic E-state index is 13.3. The Balaban J connectivity index is 1.78. The standard InChI is InChI=1S/C23H20N4O3S/c24-15-19-20(25-17-9-11-18(12-10-17)27(29)30)22(21(28)16-7-3-1-4-8-16)31-23(19)26-13-5-2-6-14-26/h1,3-4,7-12,25H,2,5-6,13-14H2. The van der Waals surface area contributed by atoms with Crippen LogP contribution in [0.1, 0.15) is 40.1 Å². The van der Waals surface area contributed by atoms with Crippen LogP contribution in [-0.4, -0.2) is 23.8 Å². The summed E-state index contributed by atoms with van der Waals surface area (Å²) in [6.45, 7) is 1.70. The lowest BCUT2D eigenvalue weighted by Crippen LogP contribution is -2.29. The third-order valence-corrected chi connectivity index (χ3v) is 6.48. The number of hydrogen-bond acceptors (Lipinski definition) is 7. The van der Waals surface area contributed by atoms with Gasteiger partial charge in [-0.1, -0.05) is 30.3 Å². The predicted octanol–water partition coefficient (Wildman–Crippen LogP) is 5.49. The third kappa shape index (κ3) is 4.27. The Labute approximate surface area is 183 Å². The Hall–Kier alpha value is -3.70. The Morgan fingerprint density at radius 2 is 1.74 bits per heavy atom. The number of benzene rings is 2. The van der Waals surface area contributed by atoms with E-state index in [1.54, 1.807) is 36.4 Å². The van der Waals surface area contributed by atoms with Crippen LogP contribution in [-0.2, 0) is 0 Å². The van der Waals surface area contributed by atoms with Crippen molar-refractivity contribution in [2.75, 3.05) is 23.3 Å². The number of nitriles is 1. The zero-order valence-corrected chi connectivity index (χ0v) is 17.5. The molecule has 0 radical (unpaired) electrons. The van der Waals surface area contributed by atoms with Crippen LogP contribution in [0.5, 0.6) is 0 Å². The second-order valence-electron chi connectivity index (χ2n) is 7.27. The predicted molar refractivity (Wildman–Crippen MR) is 121 cm³/mol. The van der Waals surface area contributed by atoms with Gasteiger partial charge >= 0.3 is 0 Å². The summed E-state index contributed by atoms with van der Waals surface area (Å²) >= 11 is 1.33. The van der Waals surface area contributed by atoms with Crippen molar-refractivity contribution in [2.24, 2.45) is 0 Å². The number of thiophene rings is 1. The highest BCUT2D eigenvalue weighted by Crippen LogP contribution is 2.43. The van der Waals surface area contributed by atoms with Gasteiger partial charge in [0.2, 0.25) is 5.78 Å². The minimum atomic E-state index is -0.464. The van der Waals surface area contributed by atoms with E-state index in [9.17, 15) is 20.2 Å². The summed E-state index contributed by atoms with van der Waals surface area (Å²) in [5.74, 6) is -0.158. The lowest BCUT2D eigenvalue weighted by molar-refractivity contribution is -0.384. The Morgan fingerprint density at radius 1 is 1.06 bits per heavy atom. The number of piperidine rings is 1. The van der Waals surface area contributed by atoms with Gasteiger partial charge in [-0.15, -0.1) is 11.3 Å². The zero-order valence-electron chi connectivity index (χ0n) is 16.7. The van der Waals surface area contributed by atoms with E-state index < -0.39 is 4.92 Å². The van der Waals surface area contributed by atoms with Gasteiger partial charge in [-0.05, 0) is 31.4 Å². The maximum Gasteiger partial charge on any atom is 0.269 e. The van der Waals surface area contributed by atoms with Gasteiger partial charge < -0.3 is 10.2 Å². The van der Waals surface area contributed by atoms with Gasteiger partial charge in [0, 0.05) is 36.5 Å². The first-order valence-corrected chi connectivity index (χ1v) is 10.8. The first-order valence-electron chi connectivity index (χ1n) is 10.0. The van der Waals surface area contributed by atoms with Crippen molar-refractivity contribution in [2.45, 2.75) is 19.3 Å². The molecule has 2 heterocycles. The van der Waals surface area contributed by atoms with Gasteiger partial charge in [-0.25, -0.2) is 0 Å². The quantitative estimate of drug-likeness (QED) is 0.314. The molecule has 1 saturated heterocycles. The molecule has 1 aliphatic heterocycles. The molecule has 156 valence electrons. The van der Waals surface area contributed by atoms with Gasteiger partial charge in [-0.3, -0.25) is 14.9 Å². The maximum absolute atomic E-state index is 13.3. The van der Waals surface area contributed by atoms with Crippen LogP contribution in [0.25, 0.3) is 0 Å². The molecule has 0 aliphatic carbocycles. The van der Waals surface area contributed by atoms with Crippen LogP contribution in [0.3, 0.4) is 0 Å². The Morgan fingerprint density at radius 3 is 2.35 bits per heavy atom. The number of non-ortho nitro benzene ring substituents is 1. The number of hydrogen-bond donors (Lipinski definition) is 1. The SMILES string of the molecule is N#Cc1c(N2CCCCC2)sc(C(=O)c2ccccc2)c1Nc1ccc([N+](=O)[O-])cc1. The molecule has 2 aromatic carbocycles. The summed E-state index contributed by atoms with van der Waals surface area (Å²) < 4.78 is 0. The summed E-state index contributed by atoms with van der Waals surface area (Å²) in [5.41, 5.74) is 1.99. The number of nitro benzene ring substituents is 1. The molecule has 1 aromatic heterocycles. The van der Waals surface area contributed by atoms with E-state index in [1.807, 2.05) is 6.07 Å². The average molecular weight is 433 g/mol. The average Bonchev–Trinajstić information content (AvgIpc) is 3.18. The highest BCUT2D eigenvalue weighted by Gasteiger charge is 2.27. The fourth-order valence-corrected chi connectivity index (χ4v) is 4.87. The van der Waals surface area contributed by atoms with Crippen molar-refractivity contribution in [3.8, 4) is 6.07 Å². The minimum Gasteiger partial charge on any atom is -0.362 e. The van der Waals surface area contributed by atoms with Crippen molar-refractivity contribution in [1.29, 1.82) is 5.26 Å². The van der Waals surface area contributed by atoms with Gasteiger partial charge in [0.25, 0.3) is 5.69 Å². The molecular formula is C23H20N4O3S. The molecule has 31 heavy (non-hydrogen) atoms. The topological polar surface area (TPSA) is 99.3 Å². The smallest absolute Gasteiger partial charge is 0.269 e. The number of nitro groups is 1. The second-order valence-corrected chi connectivity index (χ2v) is 8.27. The first kappa shape index (κ1) is 20.6. The Bertz CT molecular complexity index is 1140. The van der Waals surface area contributed by atoms with E-state index in [-0.39, 0.29) is 11.5 Å². The third-order valence-electron chi connectivity index (χ3n) is 5.23. The monoisotopic (exact) mass is 432 g/mol. The normalized spacial score (nSPS) is 13.5. The number of nitrogens with one attached hydrogen (secondary N) is 1. The molecule has 0 amide bonds. The van der Waals surface area contributed by atoms with Crippen molar-refractivity contribution < 1.29 is 9.72 Å². The number of ketones is 1. The molecule has 4 rings (SSSR count). The fourth-order valence-electron chi connectivity index (χ4n) is 3.65. The van der Waals surface area contributed by atoms with Gasteiger partial charge in [0.15, 0.2) is 0 Å². The molecule has 3 aromatic rings. The van der Waals surface area contributed by atoms with E-state index in [2.05, 4.69) is 16.3 Å². The van der Waals surface area contributed by atoms with E-state index in [1.165, 1.54) is 23.5 Å². The number of anilines is 3. The second kappa shape index (κ2) is 8.98. The number of rotatable bonds is 6. The first-order chi connectivity index (χ1) is 15.1. The van der Waals surface area contributed by atoms with E-state index in [0.29, 0.717) is 27.4 Å². The summed E-state index contributed by atoms with van der Waals surface area (Å²) in [6.07, 6.45) is 3.26. The summed E-state index contributed by atoms with van der Waals surface area (Å²) in [4.78, 5) is 26.4. The molecule has 7 nitrogen and oxygen atoms in total. The molecule has 1 aliphatic rings. The van der Waals surface area contributed by atoms with Crippen molar-refractivity contribution in [1.82, 2.24) is 0 Å². The molecule has 0 spiro atoms. The van der Waals surface area contributed by atoms with E-state index in [4.69, 9.17) is 0 Å². The molecule has 0 bridgehead atoms. The van der Waals surface area contributed by atoms with Gasteiger partial charge in [0.05, 0.1) is 10.6 Å². The highest BCUT2D eigenvalue weighted by molar-refractivity contribution is 7.19. The van der Waals surface area contributed by atoms with Crippen LogP contribution < -0.4 is 10.2 Å². The van der Waals surface area contributed by atoms with Crippen LogP contribution in [0.4, 0.5) is 22.1 Å². The summed E-state index contributed by atoms with van der Waals surface area (Å²) in [5, 5.41) is 24.9. The zero-order chi connectivity index (χ0) is 21.8. The molecular weight excluding hydrogens is 412 g/mol. The summed E-state index contributed by atoms with van der Waals surface area (Å²) in [7, 11) is 0. The molecule has 0 saturated carbocycles. The van der Waals surface area contributed by atoms with Crippen LogP contribution >= 0.6 is 11.3 Å².